The molecule has 10 heteroatoms. The molecule has 0 saturated carbocycles. The van der Waals surface area contributed by atoms with Gasteiger partial charge in [0.25, 0.3) is 10.0 Å². The molecule has 1 N–H and O–H groups in total. The molecule has 3 rings (SSSR count). The molecular formula is C31H38ClN3O5S. The Balaban J connectivity index is 2.04. The number of nitrogens with zero attached hydrogens (tertiary/aromatic N) is 2. The summed E-state index contributed by atoms with van der Waals surface area (Å²) >= 11 is 6.38. The van der Waals surface area contributed by atoms with Crippen molar-refractivity contribution in [1.82, 2.24) is 10.2 Å². The van der Waals surface area contributed by atoms with Crippen LogP contribution in [0.15, 0.2) is 77.7 Å². The van der Waals surface area contributed by atoms with Gasteiger partial charge in [-0.25, -0.2) is 8.42 Å². The van der Waals surface area contributed by atoms with Crippen LogP contribution in [0.2, 0.25) is 5.02 Å². The van der Waals surface area contributed by atoms with Crippen LogP contribution < -0.4 is 14.4 Å². The molecule has 0 aliphatic carbocycles. The maximum Gasteiger partial charge on any atom is 0.264 e. The van der Waals surface area contributed by atoms with E-state index in [1.54, 1.807) is 49.6 Å². The third-order valence-corrected chi connectivity index (χ3v) is 8.98. The minimum absolute atomic E-state index is 0.0375. The molecule has 220 valence electrons. The minimum Gasteiger partial charge on any atom is -0.497 e. The molecule has 1 atom stereocenters. The van der Waals surface area contributed by atoms with Crippen molar-refractivity contribution >= 4 is 39.1 Å². The third-order valence-electron chi connectivity index (χ3n) is 6.78. The number of methoxy groups -OCH3 is 1. The molecule has 0 aliphatic rings. The average molecular weight is 600 g/mol. The summed E-state index contributed by atoms with van der Waals surface area (Å²) in [6.45, 7) is 5.75. The van der Waals surface area contributed by atoms with E-state index in [-0.39, 0.29) is 23.0 Å². The largest absolute Gasteiger partial charge is 0.497 e. The van der Waals surface area contributed by atoms with Gasteiger partial charge in [0.05, 0.1) is 17.7 Å². The fourth-order valence-corrected chi connectivity index (χ4v) is 5.94. The van der Waals surface area contributed by atoms with Gasteiger partial charge in [0, 0.05) is 18.1 Å². The van der Waals surface area contributed by atoms with E-state index in [9.17, 15) is 18.0 Å². The van der Waals surface area contributed by atoms with Crippen LogP contribution in [0.3, 0.4) is 0 Å². The number of aryl methyl sites for hydroxylation is 1. The summed E-state index contributed by atoms with van der Waals surface area (Å²) < 4.78 is 34.1. The lowest BCUT2D eigenvalue weighted by Gasteiger charge is -2.33. The zero-order chi connectivity index (χ0) is 30.0. The highest BCUT2D eigenvalue weighted by Crippen LogP contribution is 2.29. The Bertz CT molecular complexity index is 1420. The minimum atomic E-state index is -4.15. The number of halogens is 1. The number of sulfonamides is 1. The number of nitrogens with one attached hydrogen (secondary N) is 1. The smallest absolute Gasteiger partial charge is 0.264 e. The first-order valence-electron chi connectivity index (χ1n) is 13.7. The van der Waals surface area contributed by atoms with Gasteiger partial charge in [-0.1, -0.05) is 68.3 Å². The van der Waals surface area contributed by atoms with Crippen LogP contribution >= 0.6 is 11.6 Å². The zero-order valence-corrected chi connectivity index (χ0v) is 25.5. The van der Waals surface area contributed by atoms with Crippen molar-refractivity contribution in [1.29, 1.82) is 0 Å². The van der Waals surface area contributed by atoms with E-state index in [1.807, 2.05) is 32.9 Å². The number of carbonyl (C=O) groups is 2. The number of hydrogen-bond donors (Lipinski definition) is 1. The van der Waals surface area contributed by atoms with Crippen molar-refractivity contribution in [3.63, 3.8) is 0 Å². The molecular weight excluding hydrogens is 562 g/mol. The van der Waals surface area contributed by atoms with Crippen LogP contribution in [0.5, 0.6) is 5.75 Å². The van der Waals surface area contributed by atoms with Crippen molar-refractivity contribution in [2.75, 3.05) is 24.5 Å². The molecule has 3 aromatic rings. The predicted molar refractivity (Wildman–Crippen MR) is 163 cm³/mol. The monoisotopic (exact) mass is 599 g/mol. The van der Waals surface area contributed by atoms with Gasteiger partial charge in [-0.05, 0) is 67.3 Å². The highest BCUT2D eigenvalue weighted by Gasteiger charge is 2.33. The summed E-state index contributed by atoms with van der Waals surface area (Å²) in [7, 11) is -2.59. The summed E-state index contributed by atoms with van der Waals surface area (Å²) in [5.74, 6) is -0.138. The highest BCUT2D eigenvalue weighted by atomic mass is 35.5. The summed E-state index contributed by atoms with van der Waals surface area (Å²) in [4.78, 5) is 28.9. The Morgan fingerprint density at radius 1 is 1.00 bits per heavy atom. The van der Waals surface area contributed by atoms with Crippen LogP contribution in [-0.2, 0) is 26.2 Å². The standard InChI is InChI=1S/C31H38ClN3O5S/c1-5-7-19-33-31(37)29(6-2)34(21-24-14-17-26(40-4)18-15-24)30(36)22-35(25-16-13-23(3)28(32)20-25)41(38,39)27-11-9-8-10-12-27/h8-18,20,29H,5-7,19,21-22H2,1-4H3,(H,33,37)/t29-/m0/s1. The van der Waals surface area contributed by atoms with Gasteiger partial charge < -0.3 is 15.0 Å². The number of hydrogen-bond acceptors (Lipinski definition) is 5. The molecule has 0 aromatic heterocycles. The second-order valence-electron chi connectivity index (χ2n) is 9.70. The van der Waals surface area contributed by atoms with E-state index in [0.29, 0.717) is 23.7 Å². The summed E-state index contributed by atoms with van der Waals surface area (Å²) in [6.07, 6.45) is 2.07. The SMILES string of the molecule is CCCCNC(=O)[C@H](CC)N(Cc1ccc(OC)cc1)C(=O)CN(c1ccc(C)c(Cl)c1)S(=O)(=O)c1ccccc1. The van der Waals surface area contributed by atoms with Gasteiger partial charge in [0.2, 0.25) is 11.8 Å². The Hall–Kier alpha value is -3.56. The van der Waals surface area contributed by atoms with Gasteiger partial charge in [-0.2, -0.15) is 0 Å². The van der Waals surface area contributed by atoms with E-state index < -0.39 is 28.5 Å². The first-order valence-corrected chi connectivity index (χ1v) is 15.5. The number of rotatable bonds is 14. The quantitative estimate of drug-likeness (QED) is 0.244. The Labute approximate surface area is 248 Å². The van der Waals surface area contributed by atoms with E-state index >= 15 is 0 Å². The molecule has 0 saturated heterocycles. The maximum absolute atomic E-state index is 14.1. The zero-order valence-electron chi connectivity index (χ0n) is 24.0. The molecule has 0 radical (unpaired) electrons. The highest BCUT2D eigenvalue weighted by molar-refractivity contribution is 7.92. The van der Waals surface area contributed by atoms with E-state index in [2.05, 4.69) is 5.32 Å². The van der Waals surface area contributed by atoms with Crippen molar-refractivity contribution in [2.24, 2.45) is 0 Å². The van der Waals surface area contributed by atoms with Crippen LogP contribution in [-0.4, -0.2) is 51.4 Å². The predicted octanol–water partition coefficient (Wildman–Crippen LogP) is 5.58. The third kappa shape index (κ3) is 8.24. The molecule has 0 aliphatic heterocycles. The lowest BCUT2D eigenvalue weighted by Crippen LogP contribution is -2.52. The molecule has 8 nitrogen and oxygen atoms in total. The Morgan fingerprint density at radius 3 is 2.27 bits per heavy atom. The van der Waals surface area contributed by atoms with Crippen LogP contribution in [0, 0.1) is 6.92 Å². The van der Waals surface area contributed by atoms with Crippen molar-refractivity contribution in [2.45, 2.75) is 57.5 Å². The summed E-state index contributed by atoms with van der Waals surface area (Å²) in [5.41, 5.74) is 1.80. The summed E-state index contributed by atoms with van der Waals surface area (Å²) in [5, 5.41) is 3.30. The van der Waals surface area contributed by atoms with Crippen molar-refractivity contribution in [3.05, 3.63) is 88.9 Å². The Morgan fingerprint density at radius 2 is 1.68 bits per heavy atom. The normalized spacial score (nSPS) is 11.9. The lowest BCUT2D eigenvalue weighted by atomic mass is 10.1. The van der Waals surface area contributed by atoms with Gasteiger partial charge in [0.1, 0.15) is 18.3 Å². The number of amides is 2. The van der Waals surface area contributed by atoms with Crippen LogP contribution in [0.25, 0.3) is 0 Å². The van der Waals surface area contributed by atoms with E-state index in [0.717, 1.165) is 28.3 Å². The fourth-order valence-electron chi connectivity index (χ4n) is 4.34. The van der Waals surface area contributed by atoms with Crippen molar-refractivity contribution < 1.29 is 22.7 Å². The molecule has 0 spiro atoms. The van der Waals surface area contributed by atoms with Crippen molar-refractivity contribution in [3.8, 4) is 5.75 Å². The fraction of sp³-hybridized carbons (Fsp3) is 0.355. The average Bonchev–Trinajstić information content (AvgIpc) is 2.98. The topological polar surface area (TPSA) is 96.0 Å². The number of carbonyl (C=O) groups excluding carboxylic acids is 2. The molecule has 2 amide bonds. The second kappa shape index (κ2) is 14.9. The number of unbranched alkanes of at least 4 members (excludes halogenated alkanes) is 1. The molecule has 0 bridgehead atoms. The van der Waals surface area contributed by atoms with Crippen LogP contribution in [0.4, 0.5) is 5.69 Å². The first kappa shape index (κ1) is 32.0. The number of ether oxygens (including phenoxy) is 1. The molecule has 0 unspecified atom stereocenters. The van der Waals surface area contributed by atoms with Gasteiger partial charge in [0.15, 0.2) is 0 Å². The Kier molecular flexibility index (Phi) is 11.6. The summed E-state index contributed by atoms with van der Waals surface area (Å²) in [6, 6.07) is 19.2. The van der Waals surface area contributed by atoms with Crippen LogP contribution in [0.1, 0.15) is 44.2 Å². The number of anilines is 1. The van der Waals surface area contributed by atoms with E-state index in [4.69, 9.17) is 16.3 Å². The molecule has 0 fully saturated rings. The van der Waals surface area contributed by atoms with Gasteiger partial charge in [-0.3, -0.25) is 13.9 Å². The van der Waals surface area contributed by atoms with Gasteiger partial charge in [-0.15, -0.1) is 0 Å². The molecule has 41 heavy (non-hydrogen) atoms. The lowest BCUT2D eigenvalue weighted by molar-refractivity contribution is -0.140. The molecule has 3 aromatic carbocycles. The maximum atomic E-state index is 14.1. The molecule has 0 heterocycles. The first-order chi connectivity index (χ1) is 19.6. The van der Waals surface area contributed by atoms with Gasteiger partial charge >= 0.3 is 0 Å². The number of benzene rings is 3. The second-order valence-corrected chi connectivity index (χ2v) is 12.0. The van der Waals surface area contributed by atoms with E-state index in [1.165, 1.54) is 23.1 Å².